The molecule has 0 saturated heterocycles. The van der Waals surface area contributed by atoms with Gasteiger partial charge in [-0.25, -0.2) is 0 Å². The van der Waals surface area contributed by atoms with Crippen molar-refractivity contribution in [1.29, 1.82) is 0 Å². The molecule has 2 nitrogen and oxygen atoms in total. The van der Waals surface area contributed by atoms with Crippen LogP contribution in [0.25, 0.3) is 10.9 Å². The van der Waals surface area contributed by atoms with Crippen LogP contribution in [0.2, 0.25) is 0 Å². The molecule has 1 aromatic carbocycles. The molecular formula is C19H28N2. The third-order valence-electron chi connectivity index (χ3n) is 4.24. The van der Waals surface area contributed by atoms with Gasteiger partial charge in [-0.3, -0.25) is 4.98 Å². The van der Waals surface area contributed by atoms with Crippen molar-refractivity contribution in [3.05, 3.63) is 41.6 Å². The van der Waals surface area contributed by atoms with Gasteiger partial charge in [-0.2, -0.15) is 0 Å². The van der Waals surface area contributed by atoms with E-state index in [0.717, 1.165) is 12.1 Å². The number of aromatic nitrogens is 1. The van der Waals surface area contributed by atoms with Gasteiger partial charge in [-0.05, 0) is 50.4 Å². The Morgan fingerprint density at radius 2 is 1.86 bits per heavy atom. The third-order valence-corrected chi connectivity index (χ3v) is 4.24. The number of para-hydroxylation sites is 1. The van der Waals surface area contributed by atoms with Crippen LogP contribution in [0.1, 0.15) is 51.3 Å². The molecule has 1 heterocycles. The summed E-state index contributed by atoms with van der Waals surface area (Å²) in [7, 11) is 0. The molecule has 2 unspecified atom stereocenters. The Balaban J connectivity index is 2.42. The van der Waals surface area contributed by atoms with E-state index in [9.17, 15) is 0 Å². The monoisotopic (exact) mass is 284 g/mol. The average Bonchev–Trinajstić information content (AvgIpc) is 2.45. The molecule has 0 fully saturated rings. The van der Waals surface area contributed by atoms with Gasteiger partial charge < -0.3 is 5.32 Å². The summed E-state index contributed by atoms with van der Waals surface area (Å²) in [6.45, 7) is 12.4. The Hall–Kier alpha value is -1.41. The predicted octanol–water partition coefficient (Wildman–Crippen LogP) is 4.67. The van der Waals surface area contributed by atoms with Crippen molar-refractivity contribution in [3.8, 4) is 0 Å². The largest absolute Gasteiger partial charge is 0.314 e. The van der Waals surface area contributed by atoms with Crippen LogP contribution in [0.5, 0.6) is 0 Å². The van der Waals surface area contributed by atoms with Crippen molar-refractivity contribution < 1.29 is 0 Å². The molecule has 0 aliphatic carbocycles. The molecule has 114 valence electrons. The molecule has 0 bridgehead atoms. The first-order valence-electron chi connectivity index (χ1n) is 8.14. The van der Waals surface area contributed by atoms with Gasteiger partial charge >= 0.3 is 0 Å². The Kier molecular flexibility index (Phi) is 5.35. The van der Waals surface area contributed by atoms with E-state index >= 15 is 0 Å². The number of fused-ring (bicyclic) bond motifs is 1. The summed E-state index contributed by atoms with van der Waals surface area (Å²) in [6.07, 6.45) is 1.17. The second-order valence-corrected chi connectivity index (χ2v) is 6.40. The Bertz CT molecular complexity index is 589. The van der Waals surface area contributed by atoms with E-state index in [1.54, 1.807) is 0 Å². The topological polar surface area (TPSA) is 24.9 Å². The Morgan fingerprint density at radius 3 is 2.52 bits per heavy atom. The SMILES string of the molecule is CCCNC(C)C(c1nc2ccccc2cc1C)C(C)C. The van der Waals surface area contributed by atoms with E-state index in [-0.39, 0.29) is 0 Å². The lowest BCUT2D eigenvalue weighted by Crippen LogP contribution is -2.36. The van der Waals surface area contributed by atoms with Gasteiger partial charge in [0.1, 0.15) is 0 Å². The maximum atomic E-state index is 4.99. The minimum atomic E-state index is 0.442. The maximum Gasteiger partial charge on any atom is 0.0705 e. The van der Waals surface area contributed by atoms with Crippen LogP contribution in [0.3, 0.4) is 0 Å². The smallest absolute Gasteiger partial charge is 0.0705 e. The van der Waals surface area contributed by atoms with Crippen molar-refractivity contribution in [2.45, 2.75) is 53.0 Å². The number of hydrogen-bond donors (Lipinski definition) is 1. The molecule has 0 radical (unpaired) electrons. The molecule has 0 saturated carbocycles. The molecule has 0 spiro atoms. The lowest BCUT2D eigenvalue weighted by atomic mass is 9.84. The lowest BCUT2D eigenvalue weighted by molar-refractivity contribution is 0.370. The van der Waals surface area contributed by atoms with Gasteiger partial charge in [0.05, 0.1) is 5.52 Å². The van der Waals surface area contributed by atoms with Gasteiger partial charge in [0.15, 0.2) is 0 Å². The zero-order valence-corrected chi connectivity index (χ0v) is 14.0. The lowest BCUT2D eigenvalue weighted by Gasteiger charge is -2.29. The quantitative estimate of drug-likeness (QED) is 0.833. The minimum Gasteiger partial charge on any atom is -0.314 e. The molecule has 2 rings (SSSR count). The first-order chi connectivity index (χ1) is 10.0. The molecule has 2 heteroatoms. The highest BCUT2D eigenvalue weighted by molar-refractivity contribution is 5.79. The summed E-state index contributed by atoms with van der Waals surface area (Å²) >= 11 is 0. The van der Waals surface area contributed by atoms with Crippen molar-refractivity contribution in [1.82, 2.24) is 10.3 Å². The van der Waals surface area contributed by atoms with Gasteiger partial charge in [0.25, 0.3) is 0 Å². The highest BCUT2D eigenvalue weighted by atomic mass is 14.9. The molecule has 2 atom stereocenters. The number of aryl methyl sites for hydroxylation is 1. The summed E-state index contributed by atoms with van der Waals surface area (Å²) in [6, 6.07) is 11.1. The van der Waals surface area contributed by atoms with Crippen LogP contribution in [-0.4, -0.2) is 17.6 Å². The Morgan fingerprint density at radius 1 is 1.14 bits per heavy atom. The van der Waals surface area contributed by atoms with E-state index in [1.165, 1.54) is 23.1 Å². The standard InChI is InChI=1S/C19H28N2/c1-6-11-20-15(5)18(13(2)3)19-14(4)12-16-9-7-8-10-17(16)21-19/h7-10,12-13,15,18,20H,6,11H2,1-5H3. The number of benzene rings is 1. The molecule has 0 aliphatic rings. The van der Waals surface area contributed by atoms with Gasteiger partial charge in [0, 0.05) is 23.0 Å². The molecule has 2 aromatic rings. The maximum absolute atomic E-state index is 4.99. The van der Waals surface area contributed by atoms with E-state index in [4.69, 9.17) is 4.98 Å². The van der Waals surface area contributed by atoms with Crippen LogP contribution in [-0.2, 0) is 0 Å². The molecular weight excluding hydrogens is 256 g/mol. The van der Waals surface area contributed by atoms with Crippen LogP contribution in [0.15, 0.2) is 30.3 Å². The van der Waals surface area contributed by atoms with Crippen LogP contribution in [0.4, 0.5) is 0 Å². The average molecular weight is 284 g/mol. The number of rotatable bonds is 6. The van der Waals surface area contributed by atoms with Crippen LogP contribution in [0, 0.1) is 12.8 Å². The fourth-order valence-corrected chi connectivity index (χ4v) is 3.20. The van der Waals surface area contributed by atoms with Crippen molar-refractivity contribution >= 4 is 10.9 Å². The number of nitrogens with zero attached hydrogens (tertiary/aromatic N) is 1. The first-order valence-corrected chi connectivity index (χ1v) is 8.14. The molecule has 21 heavy (non-hydrogen) atoms. The Labute approximate surface area is 129 Å². The molecule has 1 aromatic heterocycles. The second-order valence-electron chi connectivity index (χ2n) is 6.40. The summed E-state index contributed by atoms with van der Waals surface area (Å²) in [5, 5.41) is 4.88. The normalized spacial score (nSPS) is 14.6. The zero-order chi connectivity index (χ0) is 15.4. The van der Waals surface area contributed by atoms with E-state index in [0.29, 0.717) is 17.9 Å². The molecule has 1 N–H and O–H groups in total. The minimum absolute atomic E-state index is 0.442. The van der Waals surface area contributed by atoms with Crippen LogP contribution >= 0.6 is 0 Å². The highest BCUT2D eigenvalue weighted by Crippen LogP contribution is 2.30. The van der Waals surface area contributed by atoms with Crippen molar-refractivity contribution in [3.63, 3.8) is 0 Å². The van der Waals surface area contributed by atoms with Gasteiger partial charge in [0.2, 0.25) is 0 Å². The fraction of sp³-hybridized carbons (Fsp3) is 0.526. The van der Waals surface area contributed by atoms with E-state index in [1.807, 2.05) is 0 Å². The van der Waals surface area contributed by atoms with E-state index in [2.05, 4.69) is 70.3 Å². The fourth-order valence-electron chi connectivity index (χ4n) is 3.20. The summed E-state index contributed by atoms with van der Waals surface area (Å²) in [5.74, 6) is 1.01. The molecule has 0 aliphatic heterocycles. The summed E-state index contributed by atoms with van der Waals surface area (Å²) in [5.41, 5.74) is 3.66. The van der Waals surface area contributed by atoms with Crippen molar-refractivity contribution in [2.24, 2.45) is 5.92 Å². The predicted molar refractivity (Wildman–Crippen MR) is 91.8 cm³/mol. The highest BCUT2D eigenvalue weighted by Gasteiger charge is 2.25. The number of nitrogens with one attached hydrogen (secondary N) is 1. The van der Waals surface area contributed by atoms with Crippen LogP contribution < -0.4 is 5.32 Å². The second kappa shape index (κ2) is 7.04. The van der Waals surface area contributed by atoms with E-state index < -0.39 is 0 Å². The van der Waals surface area contributed by atoms with Crippen molar-refractivity contribution in [2.75, 3.05) is 6.54 Å². The summed E-state index contributed by atoms with van der Waals surface area (Å²) in [4.78, 5) is 4.99. The van der Waals surface area contributed by atoms with Gasteiger partial charge in [-0.15, -0.1) is 0 Å². The first kappa shape index (κ1) is 16.0. The third kappa shape index (κ3) is 3.62. The number of hydrogen-bond acceptors (Lipinski definition) is 2. The molecule has 0 amide bonds. The van der Waals surface area contributed by atoms with Gasteiger partial charge in [-0.1, -0.05) is 39.0 Å². The summed E-state index contributed by atoms with van der Waals surface area (Å²) < 4.78 is 0. The number of pyridine rings is 1. The zero-order valence-electron chi connectivity index (χ0n) is 14.0.